The highest BCUT2D eigenvalue weighted by Crippen LogP contribution is 2.21. The summed E-state index contributed by atoms with van der Waals surface area (Å²) in [6, 6.07) is 17.2. The number of nitriles is 1. The number of hydrogen-bond acceptors (Lipinski definition) is 5. The molecular formula is C24H27NO4. The molecule has 0 saturated carbocycles. The number of esters is 1. The van der Waals surface area contributed by atoms with Crippen molar-refractivity contribution in [3.05, 3.63) is 65.2 Å². The first-order chi connectivity index (χ1) is 14.1. The van der Waals surface area contributed by atoms with Crippen LogP contribution in [0.2, 0.25) is 0 Å². The Bertz CT molecular complexity index is 848. The topological polar surface area (TPSA) is 68.6 Å². The lowest BCUT2D eigenvalue weighted by Crippen LogP contribution is -2.09. The fourth-order valence-corrected chi connectivity index (χ4v) is 2.62. The summed E-state index contributed by atoms with van der Waals surface area (Å²) in [7, 11) is 0. The quantitative estimate of drug-likeness (QED) is 0.242. The van der Waals surface area contributed by atoms with Gasteiger partial charge in [-0.25, -0.2) is 4.79 Å². The summed E-state index contributed by atoms with van der Waals surface area (Å²) in [5.74, 6) is 1.44. The molecule has 0 spiro atoms. The van der Waals surface area contributed by atoms with Crippen LogP contribution in [0, 0.1) is 11.3 Å². The van der Waals surface area contributed by atoms with Crippen molar-refractivity contribution in [2.24, 2.45) is 0 Å². The third-order valence-electron chi connectivity index (χ3n) is 4.49. The molecule has 0 aromatic heterocycles. The third kappa shape index (κ3) is 7.00. The maximum Gasteiger partial charge on any atom is 0.348 e. The van der Waals surface area contributed by atoms with Crippen LogP contribution in [-0.4, -0.2) is 25.8 Å². The average molecular weight is 393 g/mol. The summed E-state index contributed by atoms with van der Waals surface area (Å²) >= 11 is 0. The first-order valence-electron chi connectivity index (χ1n) is 9.81. The molecule has 29 heavy (non-hydrogen) atoms. The second-order valence-corrected chi connectivity index (χ2v) is 6.53. The van der Waals surface area contributed by atoms with Gasteiger partial charge >= 0.3 is 5.97 Å². The zero-order valence-corrected chi connectivity index (χ0v) is 17.2. The average Bonchev–Trinajstić information content (AvgIpc) is 2.76. The number of rotatable bonds is 10. The van der Waals surface area contributed by atoms with Crippen LogP contribution in [0.5, 0.6) is 11.5 Å². The van der Waals surface area contributed by atoms with Crippen LogP contribution in [0.15, 0.2) is 54.1 Å². The summed E-state index contributed by atoms with van der Waals surface area (Å²) in [5, 5.41) is 9.07. The Kier molecular flexibility index (Phi) is 8.78. The fourth-order valence-electron chi connectivity index (χ4n) is 2.62. The van der Waals surface area contributed by atoms with E-state index in [2.05, 4.69) is 26.0 Å². The maximum absolute atomic E-state index is 11.7. The van der Waals surface area contributed by atoms with E-state index in [-0.39, 0.29) is 12.2 Å². The minimum atomic E-state index is -0.621. The van der Waals surface area contributed by atoms with Gasteiger partial charge in [-0.3, -0.25) is 0 Å². The lowest BCUT2D eigenvalue weighted by molar-refractivity contribution is -0.137. The van der Waals surface area contributed by atoms with Crippen molar-refractivity contribution >= 4 is 12.0 Å². The number of carbonyl (C=O) groups is 1. The van der Waals surface area contributed by atoms with Crippen LogP contribution in [-0.2, 0) is 9.53 Å². The van der Waals surface area contributed by atoms with E-state index in [4.69, 9.17) is 19.5 Å². The Morgan fingerprint density at radius 2 is 1.55 bits per heavy atom. The van der Waals surface area contributed by atoms with Crippen molar-refractivity contribution in [3.8, 4) is 17.6 Å². The number of benzene rings is 2. The van der Waals surface area contributed by atoms with Gasteiger partial charge in [-0.1, -0.05) is 38.1 Å². The molecule has 0 radical (unpaired) electrons. The van der Waals surface area contributed by atoms with Crippen molar-refractivity contribution in [1.29, 1.82) is 5.26 Å². The van der Waals surface area contributed by atoms with Gasteiger partial charge in [0.25, 0.3) is 0 Å². The highest BCUT2D eigenvalue weighted by atomic mass is 16.5. The lowest BCUT2D eigenvalue weighted by atomic mass is 9.99. The molecule has 2 aromatic rings. The zero-order chi connectivity index (χ0) is 21.1. The molecular weight excluding hydrogens is 366 g/mol. The third-order valence-corrected chi connectivity index (χ3v) is 4.49. The largest absolute Gasteiger partial charge is 0.490 e. The molecule has 5 heteroatoms. The van der Waals surface area contributed by atoms with Crippen LogP contribution < -0.4 is 9.47 Å². The summed E-state index contributed by atoms with van der Waals surface area (Å²) < 4.78 is 16.2. The number of nitrogens with zero attached hydrogens (tertiary/aromatic N) is 1. The highest BCUT2D eigenvalue weighted by Gasteiger charge is 2.09. The van der Waals surface area contributed by atoms with Crippen molar-refractivity contribution < 1.29 is 19.0 Å². The predicted octanol–water partition coefficient (Wildman–Crippen LogP) is 5.13. The van der Waals surface area contributed by atoms with Gasteiger partial charge in [0.2, 0.25) is 0 Å². The Labute approximate surface area is 172 Å². The molecule has 0 heterocycles. The molecule has 0 amide bonds. The molecule has 152 valence electrons. The second kappa shape index (κ2) is 11.6. The number of hydrogen-bond donors (Lipinski definition) is 0. The minimum absolute atomic E-state index is 0.0340. The first-order valence-corrected chi connectivity index (χ1v) is 9.81. The van der Waals surface area contributed by atoms with Crippen LogP contribution in [0.4, 0.5) is 0 Å². The Balaban J connectivity index is 1.81. The van der Waals surface area contributed by atoms with Gasteiger partial charge in [0, 0.05) is 0 Å². The van der Waals surface area contributed by atoms with E-state index in [1.807, 2.05) is 18.2 Å². The van der Waals surface area contributed by atoms with E-state index in [1.165, 1.54) is 11.6 Å². The molecule has 0 N–H and O–H groups in total. The van der Waals surface area contributed by atoms with Gasteiger partial charge in [0.15, 0.2) is 0 Å². The standard InChI is InChI=1S/C24H27NO4/c1-4-18(3)20-8-12-23(13-9-20)29-15-14-28-22-10-6-19(7-11-22)16-21(17-25)24(26)27-5-2/h6-13,16,18H,4-5,14-15H2,1-3H3/b21-16-/t18-/m0/s1. The monoisotopic (exact) mass is 393 g/mol. The fraction of sp³-hybridized carbons (Fsp3) is 0.333. The molecule has 0 aliphatic rings. The van der Waals surface area contributed by atoms with E-state index in [0.717, 1.165) is 17.7 Å². The van der Waals surface area contributed by atoms with Crippen molar-refractivity contribution in [1.82, 2.24) is 0 Å². The Morgan fingerprint density at radius 3 is 2.03 bits per heavy atom. The summed E-state index contributed by atoms with van der Waals surface area (Å²) in [5.41, 5.74) is 2.00. The van der Waals surface area contributed by atoms with Gasteiger partial charge in [0.05, 0.1) is 6.61 Å². The van der Waals surface area contributed by atoms with Gasteiger partial charge in [0.1, 0.15) is 36.4 Å². The molecule has 2 rings (SSSR count). The molecule has 0 bridgehead atoms. The molecule has 5 nitrogen and oxygen atoms in total. The molecule has 1 atom stereocenters. The van der Waals surface area contributed by atoms with Gasteiger partial charge < -0.3 is 14.2 Å². The maximum atomic E-state index is 11.7. The van der Waals surface area contributed by atoms with Crippen molar-refractivity contribution in [3.63, 3.8) is 0 Å². The van der Waals surface area contributed by atoms with E-state index >= 15 is 0 Å². The van der Waals surface area contributed by atoms with Crippen LogP contribution >= 0.6 is 0 Å². The van der Waals surface area contributed by atoms with E-state index in [0.29, 0.717) is 24.9 Å². The summed E-state index contributed by atoms with van der Waals surface area (Å²) in [6.45, 7) is 7.17. The lowest BCUT2D eigenvalue weighted by Gasteiger charge is -2.11. The smallest absolute Gasteiger partial charge is 0.348 e. The highest BCUT2D eigenvalue weighted by molar-refractivity contribution is 5.97. The molecule has 0 fully saturated rings. The van der Waals surface area contributed by atoms with Crippen molar-refractivity contribution in [2.75, 3.05) is 19.8 Å². The summed E-state index contributed by atoms with van der Waals surface area (Å²) in [6.07, 6.45) is 2.61. The van der Waals surface area contributed by atoms with Crippen molar-refractivity contribution in [2.45, 2.75) is 33.1 Å². The summed E-state index contributed by atoms with van der Waals surface area (Å²) in [4.78, 5) is 11.7. The van der Waals surface area contributed by atoms with Crippen LogP contribution in [0.3, 0.4) is 0 Å². The molecule has 2 aromatic carbocycles. The van der Waals surface area contributed by atoms with Gasteiger partial charge in [-0.2, -0.15) is 5.26 Å². The number of ether oxygens (including phenoxy) is 3. The normalized spacial score (nSPS) is 12.0. The SMILES string of the molecule is CCOC(=O)/C(C#N)=C\c1ccc(OCCOc2ccc([C@@H](C)CC)cc2)cc1. The Hall–Kier alpha value is -3.26. The number of carbonyl (C=O) groups excluding carboxylic acids is 1. The first kappa shape index (κ1) is 22.0. The van der Waals surface area contributed by atoms with E-state index in [9.17, 15) is 4.79 Å². The van der Waals surface area contributed by atoms with Crippen LogP contribution in [0.25, 0.3) is 6.08 Å². The Morgan fingerprint density at radius 1 is 1.00 bits per heavy atom. The molecule has 0 unspecified atom stereocenters. The molecule has 0 saturated heterocycles. The molecule has 0 aliphatic carbocycles. The van der Waals surface area contributed by atoms with E-state index < -0.39 is 5.97 Å². The van der Waals surface area contributed by atoms with E-state index in [1.54, 1.807) is 31.2 Å². The van der Waals surface area contributed by atoms with Gasteiger partial charge in [-0.15, -0.1) is 0 Å². The minimum Gasteiger partial charge on any atom is -0.490 e. The second-order valence-electron chi connectivity index (χ2n) is 6.53. The predicted molar refractivity (Wildman–Crippen MR) is 113 cm³/mol. The van der Waals surface area contributed by atoms with Crippen LogP contribution in [0.1, 0.15) is 44.2 Å². The zero-order valence-electron chi connectivity index (χ0n) is 17.2. The van der Waals surface area contributed by atoms with Gasteiger partial charge in [-0.05, 0) is 60.7 Å². The molecule has 0 aliphatic heterocycles.